The standard InChI is InChI=1S/C21H18ClFN2O3/c1-13-16-6-3-7-17(22)19(16)28-18(13)21(27)25-10-8-24(9-11-25)20(26)14-4-2-5-15(23)12-14/h2-7,12H,8-11H2,1H3. The molecule has 0 spiro atoms. The molecule has 28 heavy (non-hydrogen) atoms. The number of rotatable bonds is 2. The number of benzene rings is 2. The Morgan fingerprint density at radius 1 is 1.00 bits per heavy atom. The summed E-state index contributed by atoms with van der Waals surface area (Å²) >= 11 is 6.17. The van der Waals surface area contributed by atoms with Crippen LogP contribution in [0.2, 0.25) is 5.02 Å². The lowest BCUT2D eigenvalue weighted by Crippen LogP contribution is -2.50. The van der Waals surface area contributed by atoms with E-state index in [2.05, 4.69) is 0 Å². The Kier molecular flexibility index (Phi) is 4.81. The molecule has 4 rings (SSSR count). The molecule has 0 saturated carbocycles. The van der Waals surface area contributed by atoms with Gasteiger partial charge in [0.2, 0.25) is 0 Å². The van der Waals surface area contributed by atoms with Crippen LogP contribution in [0.5, 0.6) is 0 Å². The monoisotopic (exact) mass is 400 g/mol. The van der Waals surface area contributed by atoms with Gasteiger partial charge >= 0.3 is 0 Å². The zero-order valence-electron chi connectivity index (χ0n) is 15.2. The number of para-hydroxylation sites is 1. The lowest BCUT2D eigenvalue weighted by molar-refractivity contribution is 0.0518. The van der Waals surface area contributed by atoms with E-state index in [1.54, 1.807) is 21.9 Å². The zero-order valence-corrected chi connectivity index (χ0v) is 16.0. The number of carbonyl (C=O) groups excluding carboxylic acids is 2. The van der Waals surface area contributed by atoms with Gasteiger partial charge in [-0.2, -0.15) is 0 Å². The molecule has 0 N–H and O–H groups in total. The molecule has 1 aliphatic rings. The van der Waals surface area contributed by atoms with Gasteiger partial charge < -0.3 is 14.2 Å². The summed E-state index contributed by atoms with van der Waals surface area (Å²) in [5.41, 5.74) is 1.56. The highest BCUT2D eigenvalue weighted by molar-refractivity contribution is 6.35. The summed E-state index contributed by atoms with van der Waals surface area (Å²) in [6.45, 7) is 3.34. The summed E-state index contributed by atoms with van der Waals surface area (Å²) in [7, 11) is 0. The van der Waals surface area contributed by atoms with Crippen molar-refractivity contribution in [2.45, 2.75) is 6.92 Å². The number of carbonyl (C=O) groups is 2. The summed E-state index contributed by atoms with van der Waals surface area (Å²) in [6.07, 6.45) is 0. The topological polar surface area (TPSA) is 53.8 Å². The Morgan fingerprint density at radius 2 is 1.64 bits per heavy atom. The summed E-state index contributed by atoms with van der Waals surface area (Å²) in [5.74, 6) is -0.632. The molecule has 0 aliphatic carbocycles. The minimum Gasteiger partial charge on any atom is -0.449 e. The number of fused-ring (bicyclic) bond motifs is 1. The van der Waals surface area contributed by atoms with Crippen LogP contribution < -0.4 is 0 Å². The van der Waals surface area contributed by atoms with Crippen LogP contribution in [-0.2, 0) is 0 Å². The van der Waals surface area contributed by atoms with Crippen molar-refractivity contribution in [2.24, 2.45) is 0 Å². The maximum absolute atomic E-state index is 13.4. The van der Waals surface area contributed by atoms with Crippen molar-refractivity contribution in [3.63, 3.8) is 0 Å². The van der Waals surface area contributed by atoms with E-state index < -0.39 is 5.82 Å². The van der Waals surface area contributed by atoms with E-state index >= 15 is 0 Å². The number of halogens is 2. The zero-order chi connectivity index (χ0) is 19.8. The Balaban J connectivity index is 1.48. The fraction of sp³-hybridized carbons (Fsp3) is 0.238. The smallest absolute Gasteiger partial charge is 0.290 e. The molecule has 0 bridgehead atoms. The molecule has 5 nitrogen and oxygen atoms in total. The molecule has 0 atom stereocenters. The number of piperazine rings is 1. The molecule has 2 amide bonds. The van der Waals surface area contributed by atoms with Crippen LogP contribution in [-0.4, -0.2) is 47.8 Å². The first-order valence-electron chi connectivity index (χ1n) is 8.97. The average Bonchev–Trinajstić information content (AvgIpc) is 3.05. The number of nitrogens with zero attached hydrogens (tertiary/aromatic N) is 2. The van der Waals surface area contributed by atoms with Crippen LogP contribution in [0.3, 0.4) is 0 Å². The van der Waals surface area contributed by atoms with Gasteiger partial charge in [-0.3, -0.25) is 9.59 Å². The predicted octanol–water partition coefficient (Wildman–Crippen LogP) is 4.13. The molecule has 1 aromatic heterocycles. The number of hydrogen-bond acceptors (Lipinski definition) is 3. The third-order valence-electron chi connectivity index (χ3n) is 5.04. The summed E-state index contributed by atoms with van der Waals surface area (Å²) < 4.78 is 19.1. The Hall–Kier alpha value is -2.86. The normalized spacial score (nSPS) is 14.5. The van der Waals surface area contributed by atoms with Crippen LogP contribution in [0.4, 0.5) is 4.39 Å². The minimum atomic E-state index is -0.446. The van der Waals surface area contributed by atoms with Crippen molar-refractivity contribution in [3.8, 4) is 0 Å². The first kappa shape index (κ1) is 18.5. The molecule has 1 saturated heterocycles. The third kappa shape index (κ3) is 3.24. The largest absolute Gasteiger partial charge is 0.449 e. The van der Waals surface area contributed by atoms with Crippen molar-refractivity contribution in [1.29, 1.82) is 0 Å². The molecular formula is C21H18ClFN2O3. The van der Waals surface area contributed by atoms with Crippen LogP contribution >= 0.6 is 11.6 Å². The van der Waals surface area contributed by atoms with Gasteiger partial charge in [0.15, 0.2) is 11.3 Å². The molecule has 2 heterocycles. The first-order valence-corrected chi connectivity index (χ1v) is 9.35. The van der Waals surface area contributed by atoms with Crippen molar-refractivity contribution < 1.29 is 18.4 Å². The molecule has 1 aliphatic heterocycles. The fourth-order valence-corrected chi connectivity index (χ4v) is 3.69. The quantitative estimate of drug-likeness (QED) is 0.650. The van der Waals surface area contributed by atoms with Gasteiger partial charge in [-0.15, -0.1) is 0 Å². The summed E-state index contributed by atoms with van der Waals surface area (Å²) in [4.78, 5) is 28.7. The Labute approximate surface area is 166 Å². The highest BCUT2D eigenvalue weighted by atomic mass is 35.5. The van der Waals surface area contributed by atoms with E-state index in [0.29, 0.717) is 42.3 Å². The lowest BCUT2D eigenvalue weighted by Gasteiger charge is -2.34. The van der Waals surface area contributed by atoms with Gasteiger partial charge in [0.1, 0.15) is 5.82 Å². The lowest BCUT2D eigenvalue weighted by atomic mass is 10.1. The number of furan rings is 1. The van der Waals surface area contributed by atoms with Crippen molar-refractivity contribution in [3.05, 3.63) is 70.2 Å². The molecule has 2 aromatic carbocycles. The van der Waals surface area contributed by atoms with E-state index in [-0.39, 0.29) is 17.6 Å². The van der Waals surface area contributed by atoms with Crippen LogP contribution in [0.25, 0.3) is 11.0 Å². The van der Waals surface area contributed by atoms with Crippen molar-refractivity contribution in [2.75, 3.05) is 26.2 Å². The van der Waals surface area contributed by atoms with Gasteiger partial charge in [-0.05, 0) is 31.2 Å². The fourth-order valence-electron chi connectivity index (χ4n) is 3.47. The van der Waals surface area contributed by atoms with Gasteiger partial charge in [0.25, 0.3) is 11.8 Å². The number of hydrogen-bond donors (Lipinski definition) is 0. The van der Waals surface area contributed by atoms with Crippen molar-refractivity contribution >= 4 is 34.4 Å². The second-order valence-corrected chi connectivity index (χ2v) is 7.17. The molecule has 7 heteroatoms. The maximum Gasteiger partial charge on any atom is 0.290 e. The molecule has 1 fully saturated rings. The van der Waals surface area contributed by atoms with E-state index in [1.807, 2.05) is 19.1 Å². The summed E-state index contributed by atoms with van der Waals surface area (Å²) in [6, 6.07) is 11.0. The van der Waals surface area contributed by atoms with Crippen LogP contribution in [0, 0.1) is 12.7 Å². The molecule has 3 aromatic rings. The van der Waals surface area contributed by atoms with Crippen LogP contribution in [0.1, 0.15) is 26.5 Å². The second kappa shape index (κ2) is 7.28. The highest BCUT2D eigenvalue weighted by Crippen LogP contribution is 2.31. The summed E-state index contributed by atoms with van der Waals surface area (Å²) in [5, 5.41) is 1.28. The third-order valence-corrected chi connectivity index (χ3v) is 5.33. The average molecular weight is 401 g/mol. The highest BCUT2D eigenvalue weighted by Gasteiger charge is 2.29. The molecule has 0 radical (unpaired) electrons. The molecule has 0 unspecified atom stereocenters. The Morgan fingerprint density at radius 3 is 2.29 bits per heavy atom. The predicted molar refractivity (Wildman–Crippen MR) is 104 cm³/mol. The number of amides is 2. The van der Waals surface area contributed by atoms with E-state index in [9.17, 15) is 14.0 Å². The van der Waals surface area contributed by atoms with Crippen LogP contribution in [0.15, 0.2) is 46.9 Å². The van der Waals surface area contributed by atoms with Gasteiger partial charge in [-0.1, -0.05) is 29.8 Å². The SMILES string of the molecule is Cc1c(C(=O)N2CCN(C(=O)c3cccc(F)c3)CC2)oc2c(Cl)cccc12. The molecule has 144 valence electrons. The Bertz CT molecular complexity index is 1070. The molecular weight excluding hydrogens is 383 g/mol. The maximum atomic E-state index is 13.4. The first-order chi connectivity index (χ1) is 13.5. The van der Waals surface area contributed by atoms with E-state index in [1.165, 1.54) is 18.2 Å². The van der Waals surface area contributed by atoms with Crippen molar-refractivity contribution in [1.82, 2.24) is 9.80 Å². The van der Waals surface area contributed by atoms with Gasteiger partial charge in [0.05, 0.1) is 5.02 Å². The second-order valence-electron chi connectivity index (χ2n) is 6.77. The van der Waals surface area contributed by atoms with E-state index in [4.69, 9.17) is 16.0 Å². The number of aryl methyl sites for hydroxylation is 1. The van der Waals surface area contributed by atoms with Gasteiger partial charge in [0, 0.05) is 42.7 Å². The minimum absolute atomic E-state index is 0.220. The van der Waals surface area contributed by atoms with E-state index in [0.717, 1.165) is 10.9 Å². The van der Waals surface area contributed by atoms with Gasteiger partial charge in [-0.25, -0.2) is 4.39 Å².